The number of fused-ring (bicyclic) bond motifs is 2. The first-order valence-corrected chi connectivity index (χ1v) is 8.26. The Kier molecular flexibility index (Phi) is 4.37. The minimum Gasteiger partial charge on any atom is -0.481 e. The van der Waals surface area contributed by atoms with Crippen LogP contribution in [0.2, 0.25) is 0 Å². The fourth-order valence-corrected chi connectivity index (χ4v) is 3.36. The number of para-hydroxylation sites is 1. The average molecular weight is 346 g/mol. The fourth-order valence-electron chi connectivity index (χ4n) is 2.72. The van der Waals surface area contributed by atoms with E-state index in [0.29, 0.717) is 39.0 Å². The van der Waals surface area contributed by atoms with Crippen molar-refractivity contribution in [2.24, 2.45) is 0 Å². The first kappa shape index (κ1) is 16.0. The minimum absolute atomic E-state index is 0.165. The second-order valence-electron chi connectivity index (χ2n) is 5.19. The van der Waals surface area contributed by atoms with Gasteiger partial charge in [0.1, 0.15) is 11.2 Å². The lowest BCUT2D eigenvalue weighted by Gasteiger charge is -2.11. The Labute approximate surface area is 142 Å². The Balaban J connectivity index is 2.46. The molecule has 2 aromatic carbocycles. The van der Waals surface area contributed by atoms with Gasteiger partial charge in [-0.25, -0.2) is 0 Å². The van der Waals surface area contributed by atoms with Crippen LogP contribution in [0.5, 0.6) is 0 Å². The van der Waals surface area contributed by atoms with Gasteiger partial charge in [0.15, 0.2) is 0 Å². The first-order valence-electron chi connectivity index (χ1n) is 6.99. The Morgan fingerprint density at radius 1 is 1.00 bits per heavy atom. The van der Waals surface area contributed by atoms with Crippen LogP contribution in [0.4, 0.5) is 0 Å². The molecule has 0 saturated carbocycles. The van der Waals surface area contributed by atoms with Gasteiger partial charge in [-0.3, -0.25) is 9.59 Å². The number of carboxylic acids is 1. The maximum Gasteiger partial charge on any atom is 0.307 e. The van der Waals surface area contributed by atoms with Crippen LogP contribution in [0.15, 0.2) is 39.5 Å². The van der Waals surface area contributed by atoms with E-state index >= 15 is 0 Å². The molecule has 0 spiro atoms. The molecule has 0 aliphatic carbocycles. The van der Waals surface area contributed by atoms with Gasteiger partial charge in [-0.15, -0.1) is 0 Å². The molecule has 0 atom stereocenters. The molecule has 1 heterocycles. The van der Waals surface area contributed by atoms with Crippen molar-refractivity contribution in [3.63, 3.8) is 0 Å². The summed E-state index contributed by atoms with van der Waals surface area (Å²) in [6, 6.07) is 8.56. The third-order valence-electron chi connectivity index (χ3n) is 3.82. The highest BCUT2D eigenvalue weighted by Gasteiger charge is 2.16. The number of carboxylic acid groups (broad SMARTS) is 1. The van der Waals surface area contributed by atoms with E-state index in [9.17, 15) is 9.59 Å². The summed E-state index contributed by atoms with van der Waals surface area (Å²) in [7, 11) is 0. The molecule has 0 aliphatic heterocycles. The quantitative estimate of drug-likeness (QED) is 0.500. The smallest absolute Gasteiger partial charge is 0.307 e. The van der Waals surface area contributed by atoms with Crippen molar-refractivity contribution >= 4 is 53.2 Å². The highest BCUT2D eigenvalue weighted by molar-refractivity contribution is 7.79. The fraction of sp³-hybridized carbons (Fsp3) is 0.176. The minimum atomic E-state index is -0.973. The zero-order chi connectivity index (χ0) is 16.6. The van der Waals surface area contributed by atoms with E-state index < -0.39 is 5.97 Å². The van der Waals surface area contributed by atoms with Gasteiger partial charge in [0, 0.05) is 22.6 Å². The van der Waals surface area contributed by atoms with Crippen LogP contribution in [0.25, 0.3) is 21.9 Å². The Morgan fingerprint density at radius 2 is 1.74 bits per heavy atom. The van der Waals surface area contributed by atoms with E-state index in [4.69, 9.17) is 9.52 Å². The van der Waals surface area contributed by atoms with Gasteiger partial charge in [-0.05, 0) is 17.7 Å². The van der Waals surface area contributed by atoms with Gasteiger partial charge >= 0.3 is 5.97 Å². The number of hydrogen-bond acceptors (Lipinski definition) is 5. The molecule has 118 valence electrons. The molecular formula is C17H14O4S2. The monoisotopic (exact) mass is 346 g/mol. The molecule has 0 saturated heterocycles. The van der Waals surface area contributed by atoms with Crippen LogP contribution in [0, 0.1) is 0 Å². The van der Waals surface area contributed by atoms with E-state index in [0.717, 1.165) is 11.1 Å². The molecule has 0 bridgehead atoms. The molecule has 3 rings (SSSR count). The largest absolute Gasteiger partial charge is 0.481 e. The average Bonchev–Trinajstić information content (AvgIpc) is 2.54. The Morgan fingerprint density at radius 3 is 2.39 bits per heavy atom. The summed E-state index contributed by atoms with van der Waals surface area (Å²) < 4.78 is 5.98. The Hall–Kier alpha value is -1.92. The highest BCUT2D eigenvalue weighted by Crippen LogP contribution is 2.28. The molecular weight excluding hydrogens is 332 g/mol. The van der Waals surface area contributed by atoms with Crippen molar-refractivity contribution in [3.05, 3.63) is 57.2 Å². The number of aliphatic carboxylic acids is 1. The lowest BCUT2D eigenvalue weighted by Crippen LogP contribution is -2.07. The summed E-state index contributed by atoms with van der Waals surface area (Å²) >= 11 is 8.62. The lowest BCUT2D eigenvalue weighted by atomic mass is 10.0. The number of thiol groups is 2. The summed E-state index contributed by atoms with van der Waals surface area (Å²) in [6.07, 6.45) is -0.200. The molecule has 0 fully saturated rings. The number of hydrogen-bond donors (Lipinski definition) is 3. The highest BCUT2D eigenvalue weighted by atomic mass is 32.1. The SMILES string of the molecule is O=C(O)Cc1cccc2c(=O)c3ccc(CS)c(CS)c3oc12. The van der Waals surface area contributed by atoms with Gasteiger partial charge in [0.25, 0.3) is 0 Å². The topological polar surface area (TPSA) is 67.5 Å². The van der Waals surface area contributed by atoms with E-state index in [1.807, 2.05) is 6.07 Å². The summed E-state index contributed by atoms with van der Waals surface area (Å²) in [6.45, 7) is 0. The second-order valence-corrected chi connectivity index (χ2v) is 5.82. The lowest BCUT2D eigenvalue weighted by molar-refractivity contribution is -0.136. The third-order valence-corrected chi connectivity index (χ3v) is 4.47. The van der Waals surface area contributed by atoms with E-state index in [1.54, 1.807) is 24.3 Å². The van der Waals surface area contributed by atoms with Crippen molar-refractivity contribution in [1.29, 1.82) is 0 Å². The van der Waals surface area contributed by atoms with Crippen molar-refractivity contribution in [3.8, 4) is 0 Å². The van der Waals surface area contributed by atoms with E-state index in [-0.39, 0.29) is 11.8 Å². The Bertz CT molecular complexity index is 976. The molecule has 1 aromatic heterocycles. The van der Waals surface area contributed by atoms with Crippen molar-refractivity contribution < 1.29 is 14.3 Å². The zero-order valence-corrected chi connectivity index (χ0v) is 13.9. The number of carbonyl (C=O) groups is 1. The normalized spacial score (nSPS) is 11.2. The molecule has 3 aromatic rings. The van der Waals surface area contributed by atoms with Gasteiger partial charge in [-0.1, -0.05) is 18.2 Å². The molecule has 4 nitrogen and oxygen atoms in total. The van der Waals surface area contributed by atoms with Crippen LogP contribution < -0.4 is 5.43 Å². The van der Waals surface area contributed by atoms with Crippen molar-refractivity contribution in [1.82, 2.24) is 0 Å². The van der Waals surface area contributed by atoms with Gasteiger partial charge < -0.3 is 9.52 Å². The van der Waals surface area contributed by atoms with Gasteiger partial charge in [0.05, 0.1) is 17.2 Å². The van der Waals surface area contributed by atoms with Crippen LogP contribution in [-0.2, 0) is 22.7 Å². The van der Waals surface area contributed by atoms with Crippen molar-refractivity contribution in [2.75, 3.05) is 0 Å². The summed E-state index contributed by atoms with van der Waals surface area (Å²) in [4.78, 5) is 23.8. The standard InChI is InChI=1S/C17H14O4S2/c18-14(19)6-9-2-1-3-11-15(20)12-5-4-10(7-22)13(8-23)17(12)21-16(9)11/h1-5,22-23H,6-8H2,(H,18,19). The predicted molar refractivity (Wildman–Crippen MR) is 96.7 cm³/mol. The van der Waals surface area contributed by atoms with Crippen LogP contribution in [0.3, 0.4) is 0 Å². The first-order chi connectivity index (χ1) is 11.1. The number of benzene rings is 2. The maximum atomic E-state index is 12.7. The molecule has 1 N–H and O–H groups in total. The summed E-state index contributed by atoms with van der Waals surface area (Å²) in [5.41, 5.74) is 2.85. The zero-order valence-electron chi connectivity index (χ0n) is 12.1. The summed E-state index contributed by atoms with van der Waals surface area (Å²) in [5, 5.41) is 9.91. The molecule has 0 aliphatic rings. The van der Waals surface area contributed by atoms with Crippen LogP contribution >= 0.6 is 25.3 Å². The van der Waals surface area contributed by atoms with Gasteiger partial charge in [-0.2, -0.15) is 25.3 Å². The second kappa shape index (κ2) is 6.29. The van der Waals surface area contributed by atoms with Crippen molar-refractivity contribution in [2.45, 2.75) is 17.9 Å². The predicted octanol–water partition coefficient (Wildman–Crippen LogP) is 3.43. The number of rotatable bonds is 4. The van der Waals surface area contributed by atoms with E-state index in [1.165, 1.54) is 0 Å². The molecule has 23 heavy (non-hydrogen) atoms. The summed E-state index contributed by atoms with van der Waals surface area (Å²) in [5.74, 6) is -0.0635. The van der Waals surface area contributed by atoms with Crippen LogP contribution in [-0.4, -0.2) is 11.1 Å². The molecule has 6 heteroatoms. The van der Waals surface area contributed by atoms with Gasteiger partial charge in [0.2, 0.25) is 5.43 Å². The molecule has 0 unspecified atom stereocenters. The van der Waals surface area contributed by atoms with E-state index in [2.05, 4.69) is 25.3 Å². The van der Waals surface area contributed by atoms with Crippen LogP contribution in [0.1, 0.15) is 16.7 Å². The maximum absolute atomic E-state index is 12.7. The molecule has 0 amide bonds. The molecule has 0 radical (unpaired) electrons. The third kappa shape index (κ3) is 2.72.